The van der Waals surface area contributed by atoms with Gasteiger partial charge in [-0.1, -0.05) is 29.8 Å². The maximum Gasteiger partial charge on any atom is 0.190 e. The van der Waals surface area contributed by atoms with Gasteiger partial charge in [0.15, 0.2) is 17.4 Å². The van der Waals surface area contributed by atoms with E-state index in [2.05, 4.69) is 6.08 Å². The molecule has 1 saturated carbocycles. The van der Waals surface area contributed by atoms with Crippen LogP contribution in [0.4, 0.5) is 13.2 Å². The Bertz CT molecular complexity index is 1390. The molecule has 210 valence electrons. The monoisotopic (exact) mass is 548 g/mol. The minimum Gasteiger partial charge on any atom is -0.508 e. The molecule has 5 rings (SSSR count). The third kappa shape index (κ3) is 6.22. The number of fused-ring (bicyclic) bond motifs is 1. The third-order valence-electron chi connectivity index (χ3n) is 7.81. The molecular weight excluding hydrogens is 513 g/mol. The van der Waals surface area contributed by atoms with Crippen molar-refractivity contribution in [2.75, 3.05) is 13.8 Å². The van der Waals surface area contributed by atoms with Gasteiger partial charge < -0.3 is 14.6 Å². The number of allylic oxidation sites excluding steroid dienone is 2. The summed E-state index contributed by atoms with van der Waals surface area (Å²) >= 11 is 0. The van der Waals surface area contributed by atoms with E-state index in [-0.39, 0.29) is 18.5 Å². The van der Waals surface area contributed by atoms with Crippen LogP contribution in [0.15, 0.2) is 66.2 Å². The summed E-state index contributed by atoms with van der Waals surface area (Å²) in [7, 11) is 1.25. The topological polar surface area (TPSA) is 38.7 Å². The van der Waals surface area contributed by atoms with Crippen LogP contribution in [0, 0.1) is 11.6 Å². The van der Waals surface area contributed by atoms with Crippen molar-refractivity contribution in [3.63, 3.8) is 0 Å². The fourth-order valence-corrected chi connectivity index (χ4v) is 5.94. The maximum atomic E-state index is 14.8. The number of phenolic OH excluding ortho intramolecular Hbond substituents is 1. The number of phenols is 1. The smallest absolute Gasteiger partial charge is 0.190 e. The molecule has 1 N–H and O–H groups in total. The number of methoxy groups -OCH3 is 1. The first-order valence-electron chi connectivity index (χ1n) is 14.1. The number of aryl methyl sites for hydroxylation is 1. The summed E-state index contributed by atoms with van der Waals surface area (Å²) in [6.45, 7) is -0.289. The first-order valence-corrected chi connectivity index (χ1v) is 14.1. The van der Waals surface area contributed by atoms with E-state index in [4.69, 9.17) is 9.47 Å². The predicted octanol–water partition coefficient (Wildman–Crippen LogP) is 8.97. The Labute approximate surface area is 234 Å². The molecule has 0 radical (unpaired) electrons. The van der Waals surface area contributed by atoms with Crippen LogP contribution in [-0.2, 0) is 6.42 Å². The molecule has 0 heterocycles. The van der Waals surface area contributed by atoms with E-state index in [0.29, 0.717) is 18.4 Å². The average Bonchev–Trinajstić information content (AvgIpc) is 3.13. The van der Waals surface area contributed by atoms with Gasteiger partial charge in [-0.2, -0.15) is 0 Å². The minimum absolute atomic E-state index is 0.0813. The Balaban J connectivity index is 1.49. The van der Waals surface area contributed by atoms with E-state index in [1.807, 2.05) is 30.3 Å². The number of halogens is 3. The largest absolute Gasteiger partial charge is 0.508 e. The van der Waals surface area contributed by atoms with Gasteiger partial charge in [0.25, 0.3) is 0 Å². The summed E-state index contributed by atoms with van der Waals surface area (Å²) < 4.78 is 53.3. The highest BCUT2D eigenvalue weighted by atomic mass is 19.1. The van der Waals surface area contributed by atoms with Crippen LogP contribution < -0.4 is 9.47 Å². The molecule has 0 saturated heterocycles. The lowest BCUT2D eigenvalue weighted by molar-refractivity contribution is 0.175. The zero-order chi connectivity index (χ0) is 28.1. The van der Waals surface area contributed by atoms with E-state index >= 15 is 0 Å². The summed E-state index contributed by atoms with van der Waals surface area (Å²) in [5.41, 5.74) is 6.38. The van der Waals surface area contributed by atoms with E-state index < -0.39 is 17.4 Å². The SMILES string of the molecule is COc1c(F)cc(C2=C(c3ccc(OC4CCCC(=CCCCF)C4)cc3)c3ccc(O)cc3CCC2)cc1F. The number of hydrogen-bond donors (Lipinski definition) is 1. The first kappa shape index (κ1) is 27.9. The second-order valence-corrected chi connectivity index (χ2v) is 10.6. The van der Waals surface area contributed by atoms with E-state index in [1.165, 1.54) is 24.8 Å². The van der Waals surface area contributed by atoms with Gasteiger partial charge in [-0.25, -0.2) is 8.78 Å². The van der Waals surface area contributed by atoms with E-state index in [0.717, 1.165) is 78.5 Å². The molecule has 0 aromatic heterocycles. The van der Waals surface area contributed by atoms with Gasteiger partial charge >= 0.3 is 0 Å². The lowest BCUT2D eigenvalue weighted by Crippen LogP contribution is -2.21. The maximum absolute atomic E-state index is 14.8. The van der Waals surface area contributed by atoms with Crippen LogP contribution in [0.5, 0.6) is 17.2 Å². The molecule has 1 fully saturated rings. The highest BCUT2D eigenvalue weighted by molar-refractivity contribution is 6.00. The Morgan fingerprint density at radius 3 is 2.42 bits per heavy atom. The molecule has 3 aromatic carbocycles. The van der Waals surface area contributed by atoms with Gasteiger partial charge in [-0.05, 0) is 121 Å². The third-order valence-corrected chi connectivity index (χ3v) is 7.81. The van der Waals surface area contributed by atoms with E-state index in [1.54, 1.807) is 12.1 Å². The quantitative estimate of drug-likeness (QED) is 0.226. The van der Waals surface area contributed by atoms with Crippen LogP contribution >= 0.6 is 0 Å². The zero-order valence-corrected chi connectivity index (χ0v) is 22.8. The number of unbranched alkanes of at least 4 members (excludes halogenated alkanes) is 1. The van der Waals surface area contributed by atoms with Gasteiger partial charge in [0.05, 0.1) is 13.8 Å². The van der Waals surface area contributed by atoms with Crippen LogP contribution in [0.2, 0.25) is 0 Å². The van der Waals surface area contributed by atoms with Crippen molar-refractivity contribution in [1.82, 2.24) is 0 Å². The first-order chi connectivity index (χ1) is 19.5. The van der Waals surface area contributed by atoms with Crippen molar-refractivity contribution in [1.29, 1.82) is 0 Å². The Morgan fingerprint density at radius 1 is 0.925 bits per heavy atom. The highest BCUT2D eigenvalue weighted by Gasteiger charge is 2.23. The second-order valence-electron chi connectivity index (χ2n) is 10.6. The van der Waals surface area contributed by atoms with Crippen LogP contribution in [0.25, 0.3) is 11.1 Å². The molecule has 40 heavy (non-hydrogen) atoms. The Hall–Kier alpha value is -3.67. The average molecular weight is 549 g/mol. The molecule has 0 bridgehead atoms. The summed E-state index contributed by atoms with van der Waals surface area (Å²) in [5, 5.41) is 10.2. The molecule has 3 aromatic rings. The molecule has 1 atom stereocenters. The fourth-order valence-electron chi connectivity index (χ4n) is 5.94. The van der Waals surface area contributed by atoms with Crippen molar-refractivity contribution in [3.8, 4) is 17.2 Å². The molecule has 6 heteroatoms. The summed E-state index contributed by atoms with van der Waals surface area (Å²) in [6, 6.07) is 15.8. The highest BCUT2D eigenvalue weighted by Crippen LogP contribution is 2.42. The number of hydrogen-bond acceptors (Lipinski definition) is 3. The molecule has 0 aliphatic heterocycles. The lowest BCUT2D eigenvalue weighted by atomic mass is 9.87. The van der Waals surface area contributed by atoms with Crippen molar-refractivity contribution in [2.24, 2.45) is 0 Å². The van der Waals surface area contributed by atoms with Gasteiger partial charge in [0.2, 0.25) is 0 Å². The predicted molar refractivity (Wildman–Crippen MR) is 152 cm³/mol. The van der Waals surface area contributed by atoms with Crippen molar-refractivity contribution in [2.45, 2.75) is 63.9 Å². The Kier molecular flexibility index (Phi) is 8.83. The van der Waals surface area contributed by atoms with Crippen LogP contribution in [0.3, 0.4) is 0 Å². The van der Waals surface area contributed by atoms with Crippen LogP contribution in [0.1, 0.15) is 73.6 Å². The Morgan fingerprint density at radius 2 is 1.70 bits per heavy atom. The standard InChI is InChI=1S/C34H35F3O3/c1-39-34-31(36)20-25(21-32(34)37)29-10-5-8-24-19-26(38)13-16-30(24)33(29)23-11-14-27(15-12-23)40-28-9-4-7-22(18-28)6-2-3-17-35/h6,11-16,19-21,28,38H,2-5,7-10,17-18H2,1H3. The molecule has 2 aliphatic rings. The molecule has 0 spiro atoms. The fraction of sp³-hybridized carbons (Fsp3) is 0.353. The molecule has 3 nitrogen and oxygen atoms in total. The summed E-state index contributed by atoms with van der Waals surface area (Å²) in [5.74, 6) is -0.920. The van der Waals surface area contributed by atoms with Gasteiger partial charge in [-0.3, -0.25) is 4.39 Å². The molecule has 2 aliphatic carbocycles. The minimum atomic E-state index is -0.742. The van der Waals surface area contributed by atoms with Crippen molar-refractivity contribution < 1.29 is 27.8 Å². The summed E-state index contributed by atoms with van der Waals surface area (Å²) in [6.07, 6.45) is 9.64. The normalized spacial score (nSPS) is 18.4. The van der Waals surface area contributed by atoms with Crippen molar-refractivity contribution in [3.05, 3.63) is 100 Å². The molecule has 0 amide bonds. The zero-order valence-electron chi connectivity index (χ0n) is 22.8. The number of alkyl halides is 1. The number of ether oxygens (including phenoxy) is 2. The number of benzene rings is 3. The van der Waals surface area contributed by atoms with Gasteiger partial charge in [0, 0.05) is 6.42 Å². The van der Waals surface area contributed by atoms with Crippen molar-refractivity contribution >= 4 is 11.1 Å². The summed E-state index contributed by atoms with van der Waals surface area (Å²) in [4.78, 5) is 0. The van der Waals surface area contributed by atoms with E-state index in [9.17, 15) is 18.3 Å². The molecule has 1 unspecified atom stereocenters. The lowest BCUT2D eigenvalue weighted by Gasteiger charge is -2.25. The van der Waals surface area contributed by atoms with Gasteiger partial charge in [-0.15, -0.1) is 0 Å². The number of aromatic hydroxyl groups is 1. The molecular formula is C34H35F3O3. The second kappa shape index (κ2) is 12.7. The van der Waals surface area contributed by atoms with Crippen LogP contribution in [-0.4, -0.2) is 25.0 Å². The van der Waals surface area contributed by atoms with Gasteiger partial charge in [0.1, 0.15) is 17.6 Å². The number of rotatable bonds is 8.